The number of aliphatic imine (C=N–C) groups is 1. The van der Waals surface area contributed by atoms with Gasteiger partial charge in [0.25, 0.3) is 0 Å². The molecule has 1 N–H and O–H groups in total. The highest BCUT2D eigenvalue weighted by atomic mass is 16.6. The maximum Gasteiger partial charge on any atom is 0.417 e. The second-order valence-corrected chi connectivity index (χ2v) is 13.5. The fourth-order valence-electron chi connectivity index (χ4n) is 7.21. The molecular weight excluding hydrogens is 642 g/mol. The van der Waals surface area contributed by atoms with Crippen LogP contribution in [0, 0.1) is 11.8 Å². The molecule has 9 nitrogen and oxygen atoms in total. The quantitative estimate of drug-likeness (QED) is 0.117. The van der Waals surface area contributed by atoms with Gasteiger partial charge in [-0.3, -0.25) is 19.5 Å². The Bertz CT molecular complexity index is 1880. The average molecular weight is 686 g/mol. The summed E-state index contributed by atoms with van der Waals surface area (Å²) >= 11 is 0. The average Bonchev–Trinajstić information content (AvgIpc) is 3.78. The number of hydrogen-bond acceptors (Lipinski definition) is 7. The molecule has 0 unspecified atom stereocenters. The zero-order chi connectivity index (χ0) is 35.9. The molecule has 4 atom stereocenters. The van der Waals surface area contributed by atoms with E-state index in [0.29, 0.717) is 28.9 Å². The lowest BCUT2D eigenvalue weighted by Crippen LogP contribution is -2.40. The van der Waals surface area contributed by atoms with Crippen molar-refractivity contribution in [3.63, 3.8) is 0 Å². The molecule has 0 bridgehead atoms. The lowest BCUT2D eigenvalue weighted by Gasteiger charge is -2.28. The minimum atomic E-state index is -1.36. The molecule has 2 heterocycles. The highest BCUT2D eigenvalue weighted by Crippen LogP contribution is 2.33. The summed E-state index contributed by atoms with van der Waals surface area (Å²) in [5.74, 6) is -2.84. The number of benzene rings is 4. The molecule has 6 rings (SSSR count). The van der Waals surface area contributed by atoms with Crippen LogP contribution in [0.2, 0.25) is 0 Å². The van der Waals surface area contributed by atoms with E-state index in [2.05, 4.69) is 17.0 Å². The summed E-state index contributed by atoms with van der Waals surface area (Å²) in [6.07, 6.45) is 0.620. The molecule has 0 radical (unpaired) electrons. The Morgan fingerprint density at radius 2 is 1.45 bits per heavy atom. The first kappa shape index (κ1) is 35.4. The van der Waals surface area contributed by atoms with Crippen molar-refractivity contribution >= 4 is 29.5 Å². The van der Waals surface area contributed by atoms with E-state index in [1.165, 1.54) is 0 Å². The van der Waals surface area contributed by atoms with E-state index in [-0.39, 0.29) is 30.8 Å². The Morgan fingerprint density at radius 3 is 2.10 bits per heavy atom. The predicted molar refractivity (Wildman–Crippen MR) is 194 cm³/mol. The third-order valence-corrected chi connectivity index (χ3v) is 9.91. The zero-order valence-electron chi connectivity index (χ0n) is 28.9. The van der Waals surface area contributed by atoms with Crippen LogP contribution in [-0.2, 0) is 20.9 Å². The van der Waals surface area contributed by atoms with E-state index < -0.39 is 36.0 Å². The van der Waals surface area contributed by atoms with Gasteiger partial charge in [-0.2, -0.15) is 0 Å². The first-order valence-electron chi connectivity index (χ1n) is 17.5. The smallest absolute Gasteiger partial charge is 0.417 e. The van der Waals surface area contributed by atoms with Crippen molar-refractivity contribution in [2.75, 3.05) is 13.2 Å². The molecule has 4 aromatic carbocycles. The second kappa shape index (κ2) is 16.1. The Labute approximate surface area is 298 Å². The van der Waals surface area contributed by atoms with Crippen LogP contribution in [0.5, 0.6) is 0 Å². The summed E-state index contributed by atoms with van der Waals surface area (Å²) < 4.78 is 5.29. The highest BCUT2D eigenvalue weighted by Gasteiger charge is 2.42. The normalized spacial score (nSPS) is 19.2. The minimum absolute atomic E-state index is 0.0220. The summed E-state index contributed by atoms with van der Waals surface area (Å²) in [5.41, 5.74) is 3.90. The number of carbonyl (C=O) groups excluding carboxylic acids is 3. The molecule has 4 aromatic rings. The number of Topliss-reactive ketones (excluding diaryl/α,β-unsaturated/α-hetero) is 1. The number of carboxylic acid groups (broad SMARTS) is 1. The fourth-order valence-corrected chi connectivity index (χ4v) is 7.21. The van der Waals surface area contributed by atoms with Crippen LogP contribution in [-0.4, -0.2) is 69.6 Å². The molecule has 2 fully saturated rings. The number of aliphatic carboxylic acids is 1. The van der Waals surface area contributed by atoms with Crippen LogP contribution in [0.4, 0.5) is 4.79 Å². The third-order valence-electron chi connectivity index (χ3n) is 9.91. The largest absolute Gasteiger partial charge is 0.480 e. The van der Waals surface area contributed by atoms with E-state index in [1.54, 1.807) is 6.07 Å². The van der Waals surface area contributed by atoms with E-state index in [1.807, 2.05) is 111 Å². The molecule has 2 amide bonds. The van der Waals surface area contributed by atoms with Crippen LogP contribution >= 0.6 is 0 Å². The third kappa shape index (κ3) is 7.99. The number of carboxylic acids is 1. The second-order valence-electron chi connectivity index (χ2n) is 13.5. The van der Waals surface area contributed by atoms with Gasteiger partial charge in [0.15, 0.2) is 11.8 Å². The number of carbonyl (C=O) groups is 4. The number of imide groups is 1. The standard InChI is InChI=1S/C42H43N3O6/c1-28(2)34(25-37(46)45-36(27-51-42(45)50)30-17-8-4-9-18-30)39(41(48)49)43-38(31-19-10-5-11-20-31)32-21-12-13-22-33(32)40(47)35-23-14-24-44(35)26-29-15-6-3-7-16-29/h3-13,15-22,28,34-36,39H,14,23-27H2,1-2H3,(H,48,49)/t34-,35+,36-,39+/m1/s1. The molecule has 0 aliphatic carbocycles. The van der Waals surface area contributed by atoms with Crippen molar-refractivity contribution in [1.29, 1.82) is 0 Å². The van der Waals surface area contributed by atoms with Gasteiger partial charge in [0.2, 0.25) is 5.91 Å². The van der Waals surface area contributed by atoms with Crippen molar-refractivity contribution in [3.8, 4) is 0 Å². The molecule has 51 heavy (non-hydrogen) atoms. The van der Waals surface area contributed by atoms with Crippen molar-refractivity contribution in [1.82, 2.24) is 9.80 Å². The van der Waals surface area contributed by atoms with Gasteiger partial charge in [-0.15, -0.1) is 0 Å². The van der Waals surface area contributed by atoms with Gasteiger partial charge in [0, 0.05) is 35.6 Å². The Balaban J connectivity index is 1.36. The van der Waals surface area contributed by atoms with E-state index in [9.17, 15) is 24.3 Å². The first-order valence-corrected chi connectivity index (χ1v) is 17.5. The molecule has 2 saturated heterocycles. The van der Waals surface area contributed by atoms with Gasteiger partial charge in [0.1, 0.15) is 12.6 Å². The summed E-state index contributed by atoms with van der Waals surface area (Å²) in [5, 5.41) is 10.7. The summed E-state index contributed by atoms with van der Waals surface area (Å²) in [6, 6.07) is 33.4. The molecule has 0 aromatic heterocycles. The van der Waals surface area contributed by atoms with Crippen LogP contribution in [0.15, 0.2) is 120 Å². The van der Waals surface area contributed by atoms with Crippen LogP contribution in [0.25, 0.3) is 0 Å². The van der Waals surface area contributed by atoms with Crippen LogP contribution < -0.4 is 0 Å². The Morgan fingerprint density at radius 1 is 0.843 bits per heavy atom. The van der Waals surface area contributed by atoms with Gasteiger partial charge in [0.05, 0.1) is 11.8 Å². The zero-order valence-corrected chi connectivity index (χ0v) is 28.9. The van der Waals surface area contributed by atoms with Crippen molar-refractivity contribution in [2.24, 2.45) is 16.8 Å². The molecule has 2 aliphatic rings. The topological polar surface area (TPSA) is 117 Å². The number of amides is 2. The SMILES string of the molecule is CC(C)[C@@H](CC(=O)N1C(=O)OC[C@@H]1c1ccccc1)[C@H](N=C(c1ccccc1)c1ccccc1C(=O)[C@@H]1CCCN1Cc1ccccc1)C(=O)O. The maximum absolute atomic E-state index is 14.4. The molecule has 262 valence electrons. The van der Waals surface area contributed by atoms with Gasteiger partial charge < -0.3 is 9.84 Å². The maximum atomic E-state index is 14.4. The molecule has 0 saturated carbocycles. The van der Waals surface area contributed by atoms with Crippen LogP contribution in [0.1, 0.15) is 71.8 Å². The summed E-state index contributed by atoms with van der Waals surface area (Å²) in [7, 11) is 0. The van der Waals surface area contributed by atoms with Crippen molar-refractivity contribution in [2.45, 2.75) is 57.8 Å². The highest BCUT2D eigenvalue weighted by molar-refractivity contribution is 6.19. The van der Waals surface area contributed by atoms with Gasteiger partial charge in [-0.05, 0) is 36.4 Å². The number of hydrogen-bond donors (Lipinski definition) is 1. The van der Waals surface area contributed by atoms with E-state index in [0.717, 1.165) is 35.4 Å². The summed E-state index contributed by atoms with van der Waals surface area (Å²) in [4.78, 5) is 62.6. The molecule has 9 heteroatoms. The van der Waals surface area contributed by atoms with Crippen LogP contribution in [0.3, 0.4) is 0 Å². The van der Waals surface area contributed by atoms with Crippen molar-refractivity contribution < 1.29 is 29.0 Å². The molecule has 0 spiro atoms. The number of likely N-dealkylation sites (tertiary alicyclic amines) is 1. The monoisotopic (exact) mass is 685 g/mol. The number of ether oxygens (including phenoxy) is 1. The Hall–Kier alpha value is -5.41. The lowest BCUT2D eigenvalue weighted by atomic mass is 9.84. The van der Waals surface area contributed by atoms with Gasteiger partial charge in [-0.1, -0.05) is 129 Å². The Kier molecular flexibility index (Phi) is 11.2. The number of ketones is 1. The number of cyclic esters (lactones) is 1. The molecular formula is C42H43N3O6. The van der Waals surface area contributed by atoms with E-state index in [4.69, 9.17) is 9.73 Å². The first-order chi connectivity index (χ1) is 24.7. The van der Waals surface area contributed by atoms with E-state index >= 15 is 0 Å². The number of rotatable bonds is 13. The predicted octanol–water partition coefficient (Wildman–Crippen LogP) is 7.21. The van der Waals surface area contributed by atoms with Crippen molar-refractivity contribution in [3.05, 3.63) is 143 Å². The minimum Gasteiger partial charge on any atom is -0.480 e. The summed E-state index contributed by atoms with van der Waals surface area (Å²) in [6.45, 7) is 5.17. The van der Waals surface area contributed by atoms with Gasteiger partial charge >= 0.3 is 12.1 Å². The van der Waals surface area contributed by atoms with Gasteiger partial charge in [-0.25, -0.2) is 14.5 Å². The lowest BCUT2D eigenvalue weighted by molar-refractivity contribution is -0.141. The number of nitrogens with zero attached hydrogens (tertiary/aromatic N) is 3. The fraction of sp³-hybridized carbons (Fsp3) is 0.310. The molecule has 2 aliphatic heterocycles.